The van der Waals surface area contributed by atoms with Gasteiger partial charge >= 0.3 is 12.6 Å². The van der Waals surface area contributed by atoms with Crippen molar-refractivity contribution < 1.29 is 27.8 Å². The second-order valence-electron chi connectivity index (χ2n) is 5.77. The fourth-order valence-electron chi connectivity index (χ4n) is 2.20. The zero-order valence-electron chi connectivity index (χ0n) is 14.8. The molecule has 0 radical (unpaired) electrons. The Morgan fingerprint density at radius 3 is 2.44 bits per heavy atom. The van der Waals surface area contributed by atoms with E-state index in [1.165, 1.54) is 12.1 Å². The number of aromatic nitrogens is 1. The van der Waals surface area contributed by atoms with Crippen molar-refractivity contribution in [2.75, 3.05) is 13.2 Å². The smallest absolute Gasteiger partial charge is 0.387 e. The number of halogens is 2. The standard InChI is InChI=1S/C19H20F2N2O4/c1-13-2-3-15(11-23-13)10-18(25)26-12-17(24)22-9-8-14-4-6-16(7-5-14)27-19(20)21/h2-7,11,19H,8-10,12H2,1H3,(H,22,24). The average molecular weight is 378 g/mol. The van der Waals surface area contributed by atoms with Crippen LogP contribution in [0.2, 0.25) is 0 Å². The van der Waals surface area contributed by atoms with Gasteiger partial charge in [0.05, 0.1) is 6.42 Å². The first-order chi connectivity index (χ1) is 12.9. The van der Waals surface area contributed by atoms with Gasteiger partial charge in [0.15, 0.2) is 6.61 Å². The number of hydrogen-bond donors (Lipinski definition) is 1. The van der Waals surface area contributed by atoms with Crippen LogP contribution in [0, 0.1) is 6.92 Å². The van der Waals surface area contributed by atoms with Crippen LogP contribution >= 0.6 is 0 Å². The molecule has 2 rings (SSSR count). The first-order valence-corrected chi connectivity index (χ1v) is 8.30. The molecule has 0 aliphatic carbocycles. The van der Waals surface area contributed by atoms with Crippen LogP contribution in [0.5, 0.6) is 5.75 Å². The van der Waals surface area contributed by atoms with Crippen LogP contribution in [0.1, 0.15) is 16.8 Å². The summed E-state index contributed by atoms with van der Waals surface area (Å²) in [6.07, 6.45) is 2.14. The number of carbonyl (C=O) groups excluding carboxylic acids is 2. The topological polar surface area (TPSA) is 77.5 Å². The molecule has 27 heavy (non-hydrogen) atoms. The molecule has 1 aromatic carbocycles. The zero-order chi connectivity index (χ0) is 19.6. The van der Waals surface area contributed by atoms with Crippen molar-refractivity contribution >= 4 is 11.9 Å². The minimum atomic E-state index is -2.86. The summed E-state index contributed by atoms with van der Waals surface area (Å²) in [6, 6.07) is 9.72. The predicted octanol–water partition coefficient (Wildman–Crippen LogP) is 2.44. The maximum absolute atomic E-state index is 12.1. The molecular weight excluding hydrogens is 358 g/mol. The molecule has 0 saturated carbocycles. The molecular formula is C19H20F2N2O4. The van der Waals surface area contributed by atoms with E-state index in [1.54, 1.807) is 30.5 Å². The lowest BCUT2D eigenvalue weighted by molar-refractivity contribution is -0.147. The summed E-state index contributed by atoms with van der Waals surface area (Å²) >= 11 is 0. The minimum Gasteiger partial charge on any atom is -0.455 e. The summed E-state index contributed by atoms with van der Waals surface area (Å²) in [4.78, 5) is 27.5. The number of rotatable bonds is 9. The van der Waals surface area contributed by atoms with E-state index in [-0.39, 0.29) is 18.8 Å². The highest BCUT2D eigenvalue weighted by atomic mass is 19.3. The highest BCUT2D eigenvalue weighted by Crippen LogP contribution is 2.14. The van der Waals surface area contributed by atoms with Gasteiger partial charge in [-0.2, -0.15) is 8.78 Å². The van der Waals surface area contributed by atoms with Gasteiger partial charge in [-0.1, -0.05) is 18.2 Å². The van der Waals surface area contributed by atoms with Gasteiger partial charge in [0.2, 0.25) is 0 Å². The minimum absolute atomic E-state index is 0.0492. The summed E-state index contributed by atoms with van der Waals surface area (Å²) in [5.74, 6) is -0.845. The average Bonchev–Trinajstić information content (AvgIpc) is 2.63. The Bertz CT molecular complexity index is 749. The number of ether oxygens (including phenoxy) is 2. The molecule has 0 aliphatic rings. The molecule has 0 atom stereocenters. The Balaban J connectivity index is 1.64. The molecule has 1 heterocycles. The first-order valence-electron chi connectivity index (χ1n) is 8.30. The third-order valence-electron chi connectivity index (χ3n) is 3.57. The lowest BCUT2D eigenvalue weighted by Gasteiger charge is -2.08. The second-order valence-corrected chi connectivity index (χ2v) is 5.77. The van der Waals surface area contributed by atoms with Crippen molar-refractivity contribution in [1.29, 1.82) is 0 Å². The van der Waals surface area contributed by atoms with Crippen LogP contribution < -0.4 is 10.1 Å². The van der Waals surface area contributed by atoms with E-state index in [0.29, 0.717) is 18.5 Å². The molecule has 0 bridgehead atoms. The summed E-state index contributed by atoms with van der Waals surface area (Å²) in [5, 5.41) is 2.62. The van der Waals surface area contributed by atoms with Crippen LogP contribution in [0.15, 0.2) is 42.6 Å². The summed E-state index contributed by atoms with van der Waals surface area (Å²) in [5.41, 5.74) is 2.41. The molecule has 6 nitrogen and oxygen atoms in total. The fourth-order valence-corrected chi connectivity index (χ4v) is 2.20. The van der Waals surface area contributed by atoms with E-state index < -0.39 is 18.5 Å². The predicted molar refractivity (Wildman–Crippen MR) is 93.4 cm³/mol. The largest absolute Gasteiger partial charge is 0.455 e. The lowest BCUT2D eigenvalue weighted by Crippen LogP contribution is -2.30. The molecule has 8 heteroatoms. The van der Waals surface area contributed by atoms with Crippen molar-refractivity contribution in [2.45, 2.75) is 26.4 Å². The van der Waals surface area contributed by atoms with Crippen molar-refractivity contribution in [3.8, 4) is 5.75 Å². The Labute approximate surface area is 155 Å². The van der Waals surface area contributed by atoms with Gasteiger partial charge < -0.3 is 14.8 Å². The first kappa shape index (κ1) is 20.3. The van der Waals surface area contributed by atoms with E-state index >= 15 is 0 Å². The number of hydrogen-bond acceptors (Lipinski definition) is 5. The molecule has 2 aromatic rings. The van der Waals surface area contributed by atoms with Gasteiger partial charge in [-0.3, -0.25) is 14.6 Å². The van der Waals surface area contributed by atoms with Crippen LogP contribution in [0.25, 0.3) is 0 Å². The Morgan fingerprint density at radius 2 is 1.81 bits per heavy atom. The maximum atomic E-state index is 12.1. The molecule has 0 saturated heterocycles. The quantitative estimate of drug-likeness (QED) is 0.678. The van der Waals surface area contributed by atoms with Crippen LogP contribution in [0.4, 0.5) is 8.78 Å². The van der Waals surface area contributed by atoms with Crippen LogP contribution in [-0.2, 0) is 27.2 Å². The van der Waals surface area contributed by atoms with E-state index in [1.807, 2.05) is 6.92 Å². The number of carbonyl (C=O) groups is 2. The Hall–Kier alpha value is -3.03. The second kappa shape index (κ2) is 10.2. The van der Waals surface area contributed by atoms with E-state index in [0.717, 1.165) is 11.3 Å². The summed E-state index contributed by atoms with van der Waals surface area (Å²) in [7, 11) is 0. The molecule has 1 amide bonds. The van der Waals surface area contributed by atoms with Gasteiger partial charge in [-0.15, -0.1) is 0 Å². The Kier molecular flexibility index (Phi) is 7.66. The van der Waals surface area contributed by atoms with Gasteiger partial charge in [-0.05, 0) is 42.7 Å². The fraction of sp³-hybridized carbons (Fsp3) is 0.316. The Morgan fingerprint density at radius 1 is 1.11 bits per heavy atom. The van der Waals surface area contributed by atoms with Crippen molar-refractivity contribution in [3.05, 3.63) is 59.4 Å². The monoisotopic (exact) mass is 378 g/mol. The molecule has 1 aromatic heterocycles. The van der Waals surface area contributed by atoms with Crippen molar-refractivity contribution in [2.24, 2.45) is 0 Å². The van der Waals surface area contributed by atoms with Crippen molar-refractivity contribution in [3.63, 3.8) is 0 Å². The number of esters is 1. The van der Waals surface area contributed by atoms with Gasteiger partial charge in [0, 0.05) is 18.4 Å². The number of nitrogens with zero attached hydrogens (tertiary/aromatic N) is 1. The van der Waals surface area contributed by atoms with Crippen molar-refractivity contribution in [1.82, 2.24) is 10.3 Å². The molecule has 0 aliphatic heterocycles. The van der Waals surface area contributed by atoms with Crippen LogP contribution in [-0.4, -0.2) is 36.6 Å². The normalized spacial score (nSPS) is 10.5. The molecule has 1 N–H and O–H groups in total. The number of nitrogens with one attached hydrogen (secondary N) is 1. The molecule has 0 spiro atoms. The summed E-state index contributed by atoms with van der Waals surface area (Å²) in [6.45, 7) is -1.05. The van der Waals surface area contributed by atoms with Crippen LogP contribution in [0.3, 0.4) is 0 Å². The number of pyridine rings is 1. The van der Waals surface area contributed by atoms with Gasteiger partial charge in [0.25, 0.3) is 5.91 Å². The van der Waals surface area contributed by atoms with E-state index in [4.69, 9.17) is 4.74 Å². The number of alkyl halides is 2. The number of amides is 1. The number of benzene rings is 1. The van der Waals surface area contributed by atoms with E-state index in [2.05, 4.69) is 15.0 Å². The molecule has 0 fully saturated rings. The molecule has 144 valence electrons. The highest BCUT2D eigenvalue weighted by molar-refractivity contribution is 5.81. The SMILES string of the molecule is Cc1ccc(CC(=O)OCC(=O)NCCc2ccc(OC(F)F)cc2)cn1. The van der Waals surface area contributed by atoms with Gasteiger partial charge in [-0.25, -0.2) is 0 Å². The maximum Gasteiger partial charge on any atom is 0.387 e. The van der Waals surface area contributed by atoms with E-state index in [9.17, 15) is 18.4 Å². The third-order valence-corrected chi connectivity index (χ3v) is 3.57. The zero-order valence-corrected chi connectivity index (χ0v) is 14.8. The molecule has 0 unspecified atom stereocenters. The highest BCUT2D eigenvalue weighted by Gasteiger charge is 2.09. The van der Waals surface area contributed by atoms with Gasteiger partial charge in [0.1, 0.15) is 5.75 Å². The lowest BCUT2D eigenvalue weighted by atomic mass is 10.1. The number of aryl methyl sites for hydroxylation is 1. The summed E-state index contributed by atoms with van der Waals surface area (Å²) < 4.78 is 33.3. The third kappa shape index (κ3) is 7.81.